The fourth-order valence-corrected chi connectivity index (χ4v) is 3.68. The number of carbonyl (C=O) groups excluding carboxylic acids is 2. The molecular formula is C19H16N4O3S. The Kier molecular flexibility index (Phi) is 4.55. The van der Waals surface area contributed by atoms with E-state index < -0.39 is 0 Å². The van der Waals surface area contributed by atoms with E-state index in [0.29, 0.717) is 34.2 Å². The number of benzene rings is 2. The summed E-state index contributed by atoms with van der Waals surface area (Å²) in [6, 6.07) is 14.7. The van der Waals surface area contributed by atoms with Gasteiger partial charge in [-0.05, 0) is 24.3 Å². The van der Waals surface area contributed by atoms with Gasteiger partial charge in [-0.2, -0.15) is 5.10 Å². The number of carbonyl (C=O) groups is 2. The van der Waals surface area contributed by atoms with E-state index in [1.807, 2.05) is 36.4 Å². The van der Waals surface area contributed by atoms with Crippen LogP contribution in [-0.4, -0.2) is 29.6 Å². The molecule has 4 rings (SSSR count). The van der Waals surface area contributed by atoms with Gasteiger partial charge in [0.1, 0.15) is 17.0 Å². The van der Waals surface area contributed by atoms with Gasteiger partial charge < -0.3 is 4.74 Å². The van der Waals surface area contributed by atoms with E-state index in [1.54, 1.807) is 19.2 Å². The number of para-hydroxylation sites is 2. The summed E-state index contributed by atoms with van der Waals surface area (Å²) in [7, 11) is 1.58. The first-order valence-electron chi connectivity index (χ1n) is 8.36. The van der Waals surface area contributed by atoms with Crippen molar-refractivity contribution in [2.45, 2.75) is 12.8 Å². The minimum atomic E-state index is -0.360. The first kappa shape index (κ1) is 17.2. The molecule has 1 aliphatic heterocycles. The number of ether oxygens (including phenoxy) is 1. The molecule has 2 amide bonds. The Morgan fingerprint density at radius 1 is 1.15 bits per heavy atom. The second-order valence-corrected chi connectivity index (χ2v) is 6.90. The second-order valence-electron chi connectivity index (χ2n) is 5.87. The van der Waals surface area contributed by atoms with Gasteiger partial charge in [-0.25, -0.2) is 9.99 Å². The van der Waals surface area contributed by atoms with Crippen molar-refractivity contribution in [2.24, 2.45) is 5.10 Å². The lowest BCUT2D eigenvalue weighted by molar-refractivity contribution is -0.118. The van der Waals surface area contributed by atoms with Crippen LogP contribution in [0.15, 0.2) is 53.6 Å². The molecule has 0 spiro atoms. The molecule has 136 valence electrons. The first-order chi connectivity index (χ1) is 13.2. The molecule has 0 atom stereocenters. The monoisotopic (exact) mass is 380 g/mol. The molecule has 0 radical (unpaired) electrons. The molecule has 3 aromatic rings. The summed E-state index contributed by atoms with van der Waals surface area (Å²) in [6.45, 7) is 0. The lowest BCUT2D eigenvalue weighted by Crippen LogP contribution is -2.36. The molecule has 0 saturated carbocycles. The van der Waals surface area contributed by atoms with Gasteiger partial charge >= 0.3 is 0 Å². The summed E-state index contributed by atoms with van der Waals surface area (Å²) in [6.07, 6.45) is 0.525. The van der Waals surface area contributed by atoms with Gasteiger partial charge in [0.2, 0.25) is 5.91 Å². The summed E-state index contributed by atoms with van der Waals surface area (Å²) in [4.78, 5) is 29.2. The number of amides is 2. The number of methoxy groups -OCH3 is 1. The second kappa shape index (κ2) is 7.16. The molecule has 8 heteroatoms. The normalized spacial score (nSPS) is 14.2. The van der Waals surface area contributed by atoms with Gasteiger partial charge in [0.25, 0.3) is 5.91 Å². The average Bonchev–Trinajstić information content (AvgIpc) is 3.11. The zero-order chi connectivity index (χ0) is 18.8. The van der Waals surface area contributed by atoms with Crippen LogP contribution < -0.4 is 15.1 Å². The zero-order valence-corrected chi connectivity index (χ0v) is 15.3. The third kappa shape index (κ3) is 3.39. The molecule has 1 aliphatic rings. The topological polar surface area (TPSA) is 83.9 Å². The van der Waals surface area contributed by atoms with Crippen LogP contribution in [0.1, 0.15) is 12.8 Å². The Morgan fingerprint density at radius 2 is 1.96 bits per heavy atom. The van der Waals surface area contributed by atoms with Crippen LogP contribution >= 0.6 is 11.3 Å². The average molecular weight is 380 g/mol. The van der Waals surface area contributed by atoms with Crippen molar-refractivity contribution in [3.05, 3.63) is 48.5 Å². The van der Waals surface area contributed by atoms with Crippen molar-refractivity contribution in [3.63, 3.8) is 0 Å². The van der Waals surface area contributed by atoms with Crippen molar-refractivity contribution in [1.29, 1.82) is 0 Å². The highest BCUT2D eigenvalue weighted by Gasteiger charge is 2.26. The van der Waals surface area contributed by atoms with Crippen LogP contribution in [0.25, 0.3) is 10.2 Å². The Labute approximate surface area is 159 Å². The number of aromatic nitrogens is 1. The van der Waals surface area contributed by atoms with Crippen molar-refractivity contribution in [2.75, 3.05) is 17.4 Å². The third-order valence-corrected chi connectivity index (χ3v) is 5.05. The van der Waals surface area contributed by atoms with E-state index in [0.717, 1.165) is 4.70 Å². The Bertz CT molecular complexity index is 1050. The molecular weight excluding hydrogens is 364 g/mol. The fourth-order valence-electron chi connectivity index (χ4n) is 2.80. The van der Waals surface area contributed by atoms with Gasteiger partial charge in [-0.1, -0.05) is 35.6 Å². The van der Waals surface area contributed by atoms with Gasteiger partial charge in [-0.3, -0.25) is 14.9 Å². The van der Waals surface area contributed by atoms with Gasteiger partial charge in [0, 0.05) is 12.8 Å². The first-order valence-corrected chi connectivity index (χ1v) is 9.18. The molecule has 1 N–H and O–H groups in total. The standard InChI is InChI=1S/C19H16N4O3S/c1-26-14-8-5-9-15-17(14)20-19(27-15)21-18(25)13-10-11-16(24)23(22-13)12-6-3-2-4-7-12/h2-9H,10-11H2,1H3,(H,20,21,25). The summed E-state index contributed by atoms with van der Waals surface area (Å²) in [5, 5.41) is 8.78. The number of nitrogens with one attached hydrogen (secondary N) is 1. The van der Waals surface area contributed by atoms with Crippen molar-refractivity contribution >= 4 is 49.9 Å². The third-order valence-electron chi connectivity index (χ3n) is 4.12. The van der Waals surface area contributed by atoms with Crippen LogP contribution in [0.2, 0.25) is 0 Å². The predicted molar refractivity (Wildman–Crippen MR) is 105 cm³/mol. The fraction of sp³-hybridized carbons (Fsp3) is 0.158. The van der Waals surface area contributed by atoms with Crippen LogP contribution in [0.3, 0.4) is 0 Å². The molecule has 0 aliphatic carbocycles. The number of anilines is 2. The van der Waals surface area contributed by atoms with E-state index in [-0.39, 0.29) is 18.2 Å². The molecule has 27 heavy (non-hydrogen) atoms. The maximum Gasteiger partial charge on any atom is 0.273 e. The number of nitrogens with zero attached hydrogens (tertiary/aromatic N) is 3. The molecule has 7 nitrogen and oxygen atoms in total. The smallest absolute Gasteiger partial charge is 0.273 e. The quantitative estimate of drug-likeness (QED) is 0.752. The lowest BCUT2D eigenvalue weighted by atomic mass is 10.1. The molecule has 0 bridgehead atoms. The van der Waals surface area contributed by atoms with E-state index in [4.69, 9.17) is 4.74 Å². The van der Waals surface area contributed by atoms with E-state index in [9.17, 15) is 9.59 Å². The van der Waals surface area contributed by atoms with Crippen molar-refractivity contribution in [3.8, 4) is 5.75 Å². The highest BCUT2D eigenvalue weighted by molar-refractivity contribution is 7.22. The Balaban J connectivity index is 1.58. The van der Waals surface area contributed by atoms with Gasteiger partial charge in [-0.15, -0.1) is 0 Å². The van der Waals surface area contributed by atoms with Crippen LogP contribution in [-0.2, 0) is 9.59 Å². The number of hydrogen-bond acceptors (Lipinski definition) is 6. The summed E-state index contributed by atoms with van der Waals surface area (Å²) in [5.41, 5.74) is 1.63. The van der Waals surface area contributed by atoms with Crippen LogP contribution in [0.5, 0.6) is 5.75 Å². The molecule has 0 saturated heterocycles. The number of fused-ring (bicyclic) bond motifs is 1. The lowest BCUT2D eigenvalue weighted by Gasteiger charge is -2.22. The SMILES string of the molecule is COc1cccc2sc(NC(=O)C3=NN(c4ccccc4)C(=O)CC3)nc12. The van der Waals surface area contributed by atoms with Crippen molar-refractivity contribution in [1.82, 2.24) is 4.98 Å². The molecule has 2 heterocycles. The Morgan fingerprint density at radius 3 is 2.74 bits per heavy atom. The Hall–Kier alpha value is -3.26. The number of hydrogen-bond donors (Lipinski definition) is 1. The number of hydrazone groups is 1. The minimum Gasteiger partial charge on any atom is -0.494 e. The van der Waals surface area contributed by atoms with Crippen molar-refractivity contribution < 1.29 is 14.3 Å². The molecule has 0 fully saturated rings. The predicted octanol–water partition coefficient (Wildman–Crippen LogP) is 3.43. The zero-order valence-electron chi connectivity index (χ0n) is 14.5. The molecule has 0 unspecified atom stereocenters. The molecule has 1 aromatic heterocycles. The maximum atomic E-state index is 12.6. The number of rotatable bonds is 4. The summed E-state index contributed by atoms with van der Waals surface area (Å²) in [5.74, 6) is 0.157. The highest BCUT2D eigenvalue weighted by atomic mass is 32.1. The molecule has 2 aromatic carbocycles. The summed E-state index contributed by atoms with van der Waals surface area (Å²) < 4.78 is 6.21. The van der Waals surface area contributed by atoms with Gasteiger partial charge in [0.05, 0.1) is 17.5 Å². The summed E-state index contributed by atoms with van der Waals surface area (Å²) >= 11 is 1.36. The largest absolute Gasteiger partial charge is 0.494 e. The minimum absolute atomic E-state index is 0.137. The van der Waals surface area contributed by atoms with Gasteiger partial charge in [0.15, 0.2) is 5.13 Å². The van der Waals surface area contributed by atoms with Crippen LogP contribution in [0, 0.1) is 0 Å². The van der Waals surface area contributed by atoms with Crippen LogP contribution in [0.4, 0.5) is 10.8 Å². The van der Waals surface area contributed by atoms with E-state index in [1.165, 1.54) is 16.3 Å². The van der Waals surface area contributed by atoms with E-state index >= 15 is 0 Å². The number of thiazole rings is 1. The maximum absolute atomic E-state index is 12.6. The van der Waals surface area contributed by atoms with E-state index in [2.05, 4.69) is 15.4 Å². The highest BCUT2D eigenvalue weighted by Crippen LogP contribution is 2.32.